The Balaban J connectivity index is 1.55. The van der Waals surface area contributed by atoms with Gasteiger partial charge in [0.25, 0.3) is 0 Å². The van der Waals surface area contributed by atoms with Crippen molar-refractivity contribution in [3.8, 4) is 5.69 Å². The number of tetrazole rings is 1. The number of hydrogen-bond donors (Lipinski definition) is 1. The van der Waals surface area contributed by atoms with Crippen molar-refractivity contribution in [1.29, 1.82) is 0 Å². The molecule has 0 bridgehead atoms. The molecule has 21 heavy (non-hydrogen) atoms. The van der Waals surface area contributed by atoms with Crippen LogP contribution in [0.3, 0.4) is 0 Å². The van der Waals surface area contributed by atoms with Crippen LogP contribution in [-0.4, -0.2) is 26.8 Å². The van der Waals surface area contributed by atoms with Crippen molar-refractivity contribution in [2.75, 3.05) is 11.9 Å². The molecule has 1 saturated carbocycles. The van der Waals surface area contributed by atoms with Crippen molar-refractivity contribution in [2.24, 2.45) is 11.8 Å². The monoisotopic (exact) mass is 285 g/mol. The smallest absolute Gasteiger partial charge is 0.247 e. The van der Waals surface area contributed by atoms with Gasteiger partial charge in [-0.25, -0.2) is 0 Å². The fourth-order valence-electron chi connectivity index (χ4n) is 3.25. The quantitative estimate of drug-likeness (QED) is 0.916. The van der Waals surface area contributed by atoms with Gasteiger partial charge in [-0.1, -0.05) is 49.5 Å². The van der Waals surface area contributed by atoms with Crippen LogP contribution >= 0.6 is 0 Å². The van der Waals surface area contributed by atoms with E-state index in [1.54, 1.807) is 4.68 Å². The summed E-state index contributed by atoms with van der Waals surface area (Å²) in [7, 11) is 0. The van der Waals surface area contributed by atoms with Gasteiger partial charge in [0.15, 0.2) is 0 Å². The van der Waals surface area contributed by atoms with E-state index in [0.717, 1.165) is 30.0 Å². The van der Waals surface area contributed by atoms with E-state index in [2.05, 4.69) is 27.8 Å². The molecule has 0 amide bonds. The Morgan fingerprint density at radius 3 is 2.90 bits per heavy atom. The number of para-hydroxylation sites is 1. The maximum Gasteiger partial charge on any atom is 0.247 e. The molecule has 1 heterocycles. The van der Waals surface area contributed by atoms with Crippen molar-refractivity contribution in [2.45, 2.75) is 39.0 Å². The highest BCUT2D eigenvalue weighted by molar-refractivity contribution is 5.38. The molecule has 112 valence electrons. The first kappa shape index (κ1) is 14.0. The highest BCUT2D eigenvalue weighted by atomic mass is 15.6. The van der Waals surface area contributed by atoms with E-state index < -0.39 is 0 Å². The zero-order chi connectivity index (χ0) is 14.5. The molecule has 1 fully saturated rings. The second-order valence-corrected chi connectivity index (χ2v) is 6.10. The Labute approximate surface area is 125 Å². The molecule has 0 spiro atoms. The molecule has 1 N–H and O–H groups in total. The fraction of sp³-hybridized carbons (Fsp3) is 0.562. The van der Waals surface area contributed by atoms with E-state index in [4.69, 9.17) is 0 Å². The van der Waals surface area contributed by atoms with E-state index in [0.29, 0.717) is 0 Å². The molecule has 2 aromatic rings. The topological polar surface area (TPSA) is 55.6 Å². The number of benzene rings is 1. The van der Waals surface area contributed by atoms with Crippen molar-refractivity contribution in [3.63, 3.8) is 0 Å². The third kappa shape index (κ3) is 3.60. The van der Waals surface area contributed by atoms with Gasteiger partial charge in [0.05, 0.1) is 5.69 Å². The van der Waals surface area contributed by atoms with Crippen molar-refractivity contribution >= 4 is 5.95 Å². The lowest BCUT2D eigenvalue weighted by molar-refractivity contribution is 0.274. The molecule has 1 aliphatic carbocycles. The summed E-state index contributed by atoms with van der Waals surface area (Å²) in [5, 5.41) is 15.3. The molecule has 2 atom stereocenters. The predicted octanol–water partition coefficient (Wildman–Crippen LogP) is 3.29. The molecule has 0 saturated heterocycles. The molecule has 1 aromatic carbocycles. The van der Waals surface area contributed by atoms with Gasteiger partial charge in [-0.15, -0.1) is 0 Å². The van der Waals surface area contributed by atoms with Crippen LogP contribution in [0.25, 0.3) is 5.69 Å². The summed E-state index contributed by atoms with van der Waals surface area (Å²) in [5.41, 5.74) is 0.983. The van der Waals surface area contributed by atoms with Crippen LogP contribution in [0.1, 0.15) is 39.0 Å². The molecular formula is C16H23N5. The van der Waals surface area contributed by atoms with E-state index in [1.165, 1.54) is 32.1 Å². The number of anilines is 1. The maximum atomic E-state index is 4.08. The van der Waals surface area contributed by atoms with Crippen LogP contribution < -0.4 is 5.32 Å². The summed E-state index contributed by atoms with van der Waals surface area (Å²) in [6, 6.07) is 9.98. The van der Waals surface area contributed by atoms with Crippen LogP contribution in [0.15, 0.2) is 30.3 Å². The minimum Gasteiger partial charge on any atom is -0.353 e. The SMILES string of the molecule is CC1CCCC(CCNc2nnnn2-c2ccccc2)C1. The van der Waals surface area contributed by atoms with E-state index in [-0.39, 0.29) is 0 Å². The third-order valence-electron chi connectivity index (χ3n) is 4.35. The van der Waals surface area contributed by atoms with Crippen molar-refractivity contribution in [3.05, 3.63) is 30.3 Å². The molecular weight excluding hydrogens is 262 g/mol. The third-order valence-corrected chi connectivity index (χ3v) is 4.35. The highest BCUT2D eigenvalue weighted by Crippen LogP contribution is 2.30. The summed E-state index contributed by atoms with van der Waals surface area (Å²) in [6.07, 6.45) is 6.72. The normalized spacial score (nSPS) is 22.1. The van der Waals surface area contributed by atoms with E-state index in [9.17, 15) is 0 Å². The lowest BCUT2D eigenvalue weighted by Gasteiger charge is -2.26. The molecule has 5 nitrogen and oxygen atoms in total. The average Bonchev–Trinajstić information content (AvgIpc) is 2.97. The van der Waals surface area contributed by atoms with Gasteiger partial charge in [0.1, 0.15) is 0 Å². The van der Waals surface area contributed by atoms with Crippen LogP contribution in [0.4, 0.5) is 5.95 Å². The number of nitrogens with one attached hydrogen (secondary N) is 1. The Morgan fingerprint density at radius 1 is 1.24 bits per heavy atom. The Hall–Kier alpha value is -1.91. The minimum atomic E-state index is 0.727. The first-order valence-electron chi connectivity index (χ1n) is 7.90. The Kier molecular flexibility index (Phi) is 4.48. The Bertz CT molecular complexity index is 551. The summed E-state index contributed by atoms with van der Waals surface area (Å²) in [6.45, 7) is 3.31. The number of rotatable bonds is 5. The van der Waals surface area contributed by atoms with Crippen LogP contribution in [0.2, 0.25) is 0 Å². The molecule has 0 radical (unpaired) electrons. The van der Waals surface area contributed by atoms with E-state index >= 15 is 0 Å². The van der Waals surface area contributed by atoms with Crippen LogP contribution in [-0.2, 0) is 0 Å². The maximum absolute atomic E-state index is 4.08. The van der Waals surface area contributed by atoms with E-state index in [1.807, 2.05) is 30.3 Å². The minimum absolute atomic E-state index is 0.727. The van der Waals surface area contributed by atoms with Gasteiger partial charge in [0, 0.05) is 6.54 Å². The Morgan fingerprint density at radius 2 is 2.10 bits per heavy atom. The zero-order valence-electron chi connectivity index (χ0n) is 12.6. The number of hydrogen-bond acceptors (Lipinski definition) is 4. The second-order valence-electron chi connectivity index (χ2n) is 6.10. The van der Waals surface area contributed by atoms with Gasteiger partial charge in [-0.3, -0.25) is 0 Å². The van der Waals surface area contributed by atoms with Crippen molar-refractivity contribution < 1.29 is 0 Å². The number of nitrogens with zero attached hydrogens (tertiary/aromatic N) is 4. The zero-order valence-corrected chi connectivity index (χ0v) is 12.6. The molecule has 5 heteroatoms. The fourth-order valence-corrected chi connectivity index (χ4v) is 3.25. The van der Waals surface area contributed by atoms with Gasteiger partial charge >= 0.3 is 0 Å². The second kappa shape index (κ2) is 6.70. The molecule has 3 rings (SSSR count). The first-order chi connectivity index (χ1) is 10.3. The number of aromatic nitrogens is 4. The summed E-state index contributed by atoms with van der Waals surface area (Å²) >= 11 is 0. The molecule has 2 unspecified atom stereocenters. The lowest BCUT2D eigenvalue weighted by Crippen LogP contribution is -2.17. The lowest BCUT2D eigenvalue weighted by atomic mass is 9.81. The first-order valence-corrected chi connectivity index (χ1v) is 7.90. The van der Waals surface area contributed by atoms with Gasteiger partial charge in [0.2, 0.25) is 5.95 Å². The summed E-state index contributed by atoms with van der Waals surface area (Å²) < 4.78 is 1.75. The van der Waals surface area contributed by atoms with Gasteiger partial charge in [-0.2, -0.15) is 4.68 Å². The largest absolute Gasteiger partial charge is 0.353 e. The highest BCUT2D eigenvalue weighted by Gasteiger charge is 2.18. The van der Waals surface area contributed by atoms with Crippen LogP contribution in [0, 0.1) is 11.8 Å². The van der Waals surface area contributed by atoms with Gasteiger partial charge < -0.3 is 5.32 Å². The van der Waals surface area contributed by atoms with Gasteiger partial charge in [-0.05, 0) is 47.2 Å². The van der Waals surface area contributed by atoms with Crippen molar-refractivity contribution in [1.82, 2.24) is 20.2 Å². The average molecular weight is 285 g/mol. The van der Waals surface area contributed by atoms with Crippen LogP contribution in [0.5, 0.6) is 0 Å². The summed E-state index contributed by atoms with van der Waals surface area (Å²) in [4.78, 5) is 0. The molecule has 1 aromatic heterocycles. The summed E-state index contributed by atoms with van der Waals surface area (Å²) in [5.74, 6) is 2.46. The molecule has 0 aliphatic heterocycles. The standard InChI is InChI=1S/C16H23N5/c1-13-6-5-7-14(12-13)10-11-17-16-18-19-20-21(16)15-8-3-2-4-9-15/h2-4,8-9,13-14H,5-7,10-12H2,1H3,(H,17,18,20). The predicted molar refractivity (Wildman–Crippen MR) is 83.4 cm³/mol. The molecule has 1 aliphatic rings.